The van der Waals surface area contributed by atoms with Crippen LogP contribution in [0.1, 0.15) is 18.5 Å². The summed E-state index contributed by atoms with van der Waals surface area (Å²) in [4.78, 5) is 12.0. The maximum atomic E-state index is 13.2. The van der Waals surface area contributed by atoms with Crippen molar-refractivity contribution in [2.24, 2.45) is 0 Å². The highest BCUT2D eigenvalue weighted by molar-refractivity contribution is 7.89. The molecule has 3 aromatic rings. The average Bonchev–Trinajstić information content (AvgIpc) is 2.75. The van der Waals surface area contributed by atoms with Gasteiger partial charge in [0.1, 0.15) is 11.6 Å². The summed E-state index contributed by atoms with van der Waals surface area (Å²) in [6.07, 6.45) is 0. The van der Waals surface area contributed by atoms with E-state index in [1.807, 2.05) is 30.3 Å². The smallest absolute Gasteiger partial charge is 0.262 e. The molecule has 0 radical (unpaired) electrons. The van der Waals surface area contributed by atoms with Gasteiger partial charge in [-0.1, -0.05) is 53.5 Å². The van der Waals surface area contributed by atoms with Gasteiger partial charge in [0.15, 0.2) is 6.61 Å². The number of hydrogen-bond acceptors (Lipinski definition) is 4. The zero-order valence-corrected chi connectivity index (χ0v) is 19.1. The average molecular weight is 497 g/mol. The topological polar surface area (TPSA) is 84.5 Å². The number of carbonyl (C=O) groups excluding carboxylic acids is 1. The molecule has 0 aromatic heterocycles. The molecule has 0 saturated carbocycles. The third-order valence-electron chi connectivity index (χ3n) is 4.41. The molecule has 1 unspecified atom stereocenters. The van der Waals surface area contributed by atoms with Crippen LogP contribution in [-0.2, 0) is 14.8 Å². The standard InChI is InChI=1S/C22H19Cl2FN2O4S/c1-14(15-5-3-2-4-6-15)27-32(29,30)17-8-10-21(19(24)12-17)31-13-22(28)26-16-7-9-20(25)18(23)11-16/h2-12,14,27H,13H2,1H3,(H,26,28). The maximum Gasteiger partial charge on any atom is 0.262 e. The Balaban J connectivity index is 1.62. The number of hydrogen-bond donors (Lipinski definition) is 2. The third kappa shape index (κ3) is 6.20. The molecular weight excluding hydrogens is 478 g/mol. The van der Waals surface area contributed by atoms with E-state index in [1.54, 1.807) is 6.92 Å². The van der Waals surface area contributed by atoms with Gasteiger partial charge in [-0.25, -0.2) is 17.5 Å². The summed E-state index contributed by atoms with van der Waals surface area (Å²) in [7, 11) is -3.84. The molecule has 1 atom stereocenters. The Hall–Kier alpha value is -2.65. The highest BCUT2D eigenvalue weighted by atomic mass is 35.5. The van der Waals surface area contributed by atoms with Crippen molar-refractivity contribution < 1.29 is 22.3 Å². The molecule has 32 heavy (non-hydrogen) atoms. The van der Waals surface area contributed by atoms with E-state index in [-0.39, 0.29) is 20.7 Å². The fourth-order valence-electron chi connectivity index (χ4n) is 2.79. The molecule has 3 aromatic carbocycles. The molecule has 168 valence electrons. The summed E-state index contributed by atoms with van der Waals surface area (Å²) in [6.45, 7) is 1.34. The van der Waals surface area contributed by atoms with Crippen molar-refractivity contribution in [3.05, 3.63) is 88.2 Å². The van der Waals surface area contributed by atoms with Gasteiger partial charge in [0.2, 0.25) is 10.0 Å². The molecule has 0 fully saturated rings. The van der Waals surface area contributed by atoms with E-state index >= 15 is 0 Å². The van der Waals surface area contributed by atoms with Crippen LogP contribution in [0.2, 0.25) is 10.0 Å². The number of benzene rings is 3. The van der Waals surface area contributed by atoms with Crippen molar-refractivity contribution in [2.75, 3.05) is 11.9 Å². The molecule has 2 N–H and O–H groups in total. The van der Waals surface area contributed by atoms with Crippen LogP contribution in [-0.4, -0.2) is 20.9 Å². The Kier molecular flexibility index (Phi) is 7.73. The molecule has 0 bridgehead atoms. The van der Waals surface area contributed by atoms with Crippen LogP contribution in [0.15, 0.2) is 71.6 Å². The van der Waals surface area contributed by atoms with Gasteiger partial charge in [-0.05, 0) is 48.9 Å². The first-order valence-electron chi connectivity index (χ1n) is 9.40. The Morgan fingerprint density at radius 1 is 1.03 bits per heavy atom. The van der Waals surface area contributed by atoms with Crippen molar-refractivity contribution >= 4 is 44.8 Å². The molecule has 0 saturated heterocycles. The minimum Gasteiger partial charge on any atom is -0.482 e. The van der Waals surface area contributed by atoms with Gasteiger partial charge in [0, 0.05) is 11.7 Å². The van der Waals surface area contributed by atoms with Crippen molar-refractivity contribution in [3.63, 3.8) is 0 Å². The molecule has 0 heterocycles. The Bertz CT molecular complexity index is 1220. The Morgan fingerprint density at radius 3 is 2.41 bits per heavy atom. The van der Waals surface area contributed by atoms with Gasteiger partial charge in [-0.3, -0.25) is 4.79 Å². The SMILES string of the molecule is CC(NS(=O)(=O)c1ccc(OCC(=O)Nc2ccc(F)c(Cl)c2)c(Cl)c1)c1ccccc1. The van der Waals surface area contributed by atoms with Crippen molar-refractivity contribution in [3.8, 4) is 5.75 Å². The van der Waals surface area contributed by atoms with E-state index in [9.17, 15) is 17.6 Å². The molecule has 0 aliphatic rings. The Morgan fingerprint density at radius 2 is 1.75 bits per heavy atom. The largest absolute Gasteiger partial charge is 0.482 e. The molecule has 1 amide bonds. The lowest BCUT2D eigenvalue weighted by atomic mass is 10.1. The highest BCUT2D eigenvalue weighted by Gasteiger charge is 2.20. The van der Waals surface area contributed by atoms with Gasteiger partial charge in [-0.2, -0.15) is 0 Å². The fourth-order valence-corrected chi connectivity index (χ4v) is 4.53. The first-order valence-corrected chi connectivity index (χ1v) is 11.6. The zero-order valence-electron chi connectivity index (χ0n) is 16.8. The highest BCUT2D eigenvalue weighted by Crippen LogP contribution is 2.28. The summed E-state index contributed by atoms with van der Waals surface area (Å²) in [5.74, 6) is -0.997. The first-order chi connectivity index (χ1) is 15.2. The first kappa shape index (κ1) is 24.0. The second-order valence-corrected chi connectivity index (χ2v) is 9.34. The predicted octanol–water partition coefficient (Wildman–Crippen LogP) is 5.19. The van der Waals surface area contributed by atoms with E-state index < -0.39 is 34.4 Å². The number of ether oxygens (including phenoxy) is 1. The summed E-state index contributed by atoms with van der Waals surface area (Å²) in [5.41, 5.74) is 1.12. The number of anilines is 1. The van der Waals surface area contributed by atoms with E-state index in [0.717, 1.165) is 11.6 Å². The van der Waals surface area contributed by atoms with E-state index in [2.05, 4.69) is 10.0 Å². The number of halogens is 3. The van der Waals surface area contributed by atoms with Crippen molar-refractivity contribution in [1.82, 2.24) is 4.72 Å². The van der Waals surface area contributed by atoms with E-state index in [4.69, 9.17) is 27.9 Å². The second kappa shape index (κ2) is 10.3. The number of sulfonamides is 1. The lowest BCUT2D eigenvalue weighted by Crippen LogP contribution is -2.27. The summed E-state index contributed by atoms with van der Waals surface area (Å²) < 4.78 is 46.5. The van der Waals surface area contributed by atoms with Crippen LogP contribution in [0.4, 0.5) is 10.1 Å². The minimum atomic E-state index is -3.84. The summed E-state index contributed by atoms with van der Waals surface area (Å²) >= 11 is 11.8. The third-order valence-corrected chi connectivity index (χ3v) is 6.53. The molecule has 0 aliphatic heterocycles. The summed E-state index contributed by atoms with van der Waals surface area (Å²) in [6, 6.07) is 16.4. The van der Waals surface area contributed by atoms with Gasteiger partial charge < -0.3 is 10.1 Å². The second-order valence-electron chi connectivity index (χ2n) is 6.81. The van der Waals surface area contributed by atoms with Gasteiger partial charge in [-0.15, -0.1) is 0 Å². The number of carbonyl (C=O) groups is 1. The zero-order chi connectivity index (χ0) is 23.3. The minimum absolute atomic E-state index is 0.0258. The van der Waals surface area contributed by atoms with Crippen LogP contribution >= 0.6 is 23.2 Å². The number of amides is 1. The monoisotopic (exact) mass is 496 g/mol. The molecule has 0 aliphatic carbocycles. The van der Waals surface area contributed by atoms with Crippen LogP contribution in [0.25, 0.3) is 0 Å². The molecule has 0 spiro atoms. The lowest BCUT2D eigenvalue weighted by molar-refractivity contribution is -0.118. The lowest BCUT2D eigenvalue weighted by Gasteiger charge is -2.15. The normalized spacial score (nSPS) is 12.2. The molecule has 10 heteroatoms. The predicted molar refractivity (Wildman–Crippen MR) is 122 cm³/mol. The van der Waals surface area contributed by atoms with Crippen molar-refractivity contribution in [1.29, 1.82) is 0 Å². The van der Waals surface area contributed by atoms with E-state index in [0.29, 0.717) is 5.69 Å². The van der Waals surface area contributed by atoms with Crippen molar-refractivity contribution in [2.45, 2.75) is 17.9 Å². The van der Waals surface area contributed by atoms with Gasteiger partial charge in [0.25, 0.3) is 5.91 Å². The Labute approximate surface area is 195 Å². The van der Waals surface area contributed by atoms with Crippen LogP contribution in [0, 0.1) is 5.82 Å². The van der Waals surface area contributed by atoms with E-state index in [1.165, 1.54) is 30.3 Å². The quantitative estimate of drug-likeness (QED) is 0.449. The molecule has 3 rings (SSSR count). The van der Waals surface area contributed by atoms with Crippen LogP contribution < -0.4 is 14.8 Å². The molecular formula is C22H19Cl2FN2O4S. The van der Waals surface area contributed by atoms with Crippen LogP contribution in [0.5, 0.6) is 5.75 Å². The summed E-state index contributed by atoms with van der Waals surface area (Å²) in [5, 5.41) is 2.41. The number of nitrogens with one attached hydrogen (secondary N) is 2. The number of rotatable bonds is 8. The molecule has 6 nitrogen and oxygen atoms in total. The fraction of sp³-hybridized carbons (Fsp3) is 0.136. The van der Waals surface area contributed by atoms with Gasteiger partial charge in [0.05, 0.1) is 14.9 Å². The maximum absolute atomic E-state index is 13.2. The van der Waals surface area contributed by atoms with Gasteiger partial charge >= 0.3 is 0 Å². The van der Waals surface area contributed by atoms with Crippen LogP contribution in [0.3, 0.4) is 0 Å².